The van der Waals surface area contributed by atoms with Crippen molar-refractivity contribution in [2.24, 2.45) is 0 Å². The third-order valence-corrected chi connectivity index (χ3v) is 3.32. The van der Waals surface area contributed by atoms with E-state index >= 15 is 0 Å². The van der Waals surface area contributed by atoms with Gasteiger partial charge < -0.3 is 10.2 Å². The molecule has 0 saturated carbocycles. The van der Waals surface area contributed by atoms with Crippen LogP contribution < -0.4 is 5.32 Å². The van der Waals surface area contributed by atoms with Crippen molar-refractivity contribution in [2.75, 3.05) is 32.7 Å². The Kier molecular flexibility index (Phi) is 4.99. The molecule has 0 spiro atoms. The molecule has 0 unspecified atom stereocenters. The van der Waals surface area contributed by atoms with Gasteiger partial charge in [-0.05, 0) is 37.7 Å². The molecule has 0 radical (unpaired) electrons. The van der Waals surface area contributed by atoms with E-state index in [9.17, 15) is 13.6 Å². The molecular weight excluding hydrogens is 250 g/mol. The molecule has 0 bridgehead atoms. The molecule has 1 aliphatic heterocycles. The fraction of sp³-hybridized carbons (Fsp3) is 0.500. The highest BCUT2D eigenvalue weighted by Crippen LogP contribution is 2.12. The Labute approximate surface area is 111 Å². The van der Waals surface area contributed by atoms with Crippen LogP contribution >= 0.6 is 0 Å². The highest BCUT2D eigenvalue weighted by atomic mass is 19.1. The SMILES string of the molecule is O=C(CCN1CCCNCC1)c1cc(F)ccc1F. The second-order valence-electron chi connectivity index (χ2n) is 4.74. The third kappa shape index (κ3) is 4.08. The van der Waals surface area contributed by atoms with Crippen LogP contribution in [0.15, 0.2) is 18.2 Å². The summed E-state index contributed by atoms with van der Waals surface area (Å²) >= 11 is 0. The van der Waals surface area contributed by atoms with Crippen LogP contribution in [-0.2, 0) is 0 Å². The first kappa shape index (κ1) is 14.1. The Bertz CT molecular complexity index is 443. The van der Waals surface area contributed by atoms with E-state index in [1.54, 1.807) is 0 Å². The highest BCUT2D eigenvalue weighted by molar-refractivity contribution is 5.96. The summed E-state index contributed by atoms with van der Waals surface area (Å²) in [4.78, 5) is 14.1. The number of hydrogen-bond donors (Lipinski definition) is 1. The monoisotopic (exact) mass is 268 g/mol. The summed E-state index contributed by atoms with van der Waals surface area (Å²) in [5.74, 6) is -1.57. The molecule has 3 nitrogen and oxygen atoms in total. The van der Waals surface area contributed by atoms with Crippen molar-refractivity contribution < 1.29 is 13.6 Å². The zero-order valence-corrected chi connectivity index (χ0v) is 10.8. The molecule has 0 atom stereocenters. The van der Waals surface area contributed by atoms with Crippen LogP contribution in [0.25, 0.3) is 0 Å². The van der Waals surface area contributed by atoms with Crippen LogP contribution in [0.5, 0.6) is 0 Å². The maximum absolute atomic E-state index is 13.4. The Hall–Kier alpha value is -1.33. The van der Waals surface area contributed by atoms with Crippen molar-refractivity contribution in [3.05, 3.63) is 35.4 Å². The number of halogens is 2. The molecule has 0 aromatic heterocycles. The molecule has 1 N–H and O–H groups in total. The normalized spacial score (nSPS) is 17.2. The van der Waals surface area contributed by atoms with Crippen LogP contribution in [0.4, 0.5) is 8.78 Å². The molecule has 1 fully saturated rings. The molecule has 1 aliphatic rings. The van der Waals surface area contributed by atoms with E-state index < -0.39 is 11.6 Å². The van der Waals surface area contributed by atoms with Gasteiger partial charge in [0.1, 0.15) is 11.6 Å². The summed E-state index contributed by atoms with van der Waals surface area (Å²) in [6.07, 6.45) is 1.27. The van der Waals surface area contributed by atoms with Crippen LogP contribution in [0.2, 0.25) is 0 Å². The number of nitrogens with zero attached hydrogens (tertiary/aromatic N) is 1. The van der Waals surface area contributed by atoms with Crippen molar-refractivity contribution in [1.82, 2.24) is 10.2 Å². The van der Waals surface area contributed by atoms with Crippen LogP contribution in [0, 0.1) is 11.6 Å². The lowest BCUT2D eigenvalue weighted by molar-refractivity contribution is 0.0961. The topological polar surface area (TPSA) is 32.3 Å². The average Bonchev–Trinajstić information content (AvgIpc) is 2.67. The number of carbonyl (C=O) groups excluding carboxylic acids is 1. The lowest BCUT2D eigenvalue weighted by atomic mass is 10.1. The number of hydrogen-bond acceptors (Lipinski definition) is 3. The maximum atomic E-state index is 13.4. The number of ketones is 1. The predicted octanol–water partition coefficient (Wildman–Crippen LogP) is 1.83. The summed E-state index contributed by atoms with van der Waals surface area (Å²) in [6.45, 7) is 4.31. The molecule has 5 heteroatoms. The number of benzene rings is 1. The Balaban J connectivity index is 1.91. The Morgan fingerprint density at radius 2 is 2.11 bits per heavy atom. The van der Waals surface area contributed by atoms with Gasteiger partial charge in [-0.1, -0.05) is 0 Å². The fourth-order valence-electron chi connectivity index (χ4n) is 2.23. The van der Waals surface area contributed by atoms with E-state index in [4.69, 9.17) is 0 Å². The number of carbonyl (C=O) groups is 1. The van der Waals surface area contributed by atoms with Crippen molar-refractivity contribution in [3.63, 3.8) is 0 Å². The van der Waals surface area contributed by atoms with Crippen LogP contribution in [-0.4, -0.2) is 43.4 Å². The van der Waals surface area contributed by atoms with Gasteiger partial charge in [0.25, 0.3) is 0 Å². The first-order valence-electron chi connectivity index (χ1n) is 6.58. The van der Waals surface area contributed by atoms with Gasteiger partial charge in [-0.25, -0.2) is 8.78 Å². The van der Waals surface area contributed by atoms with Gasteiger partial charge in [0, 0.05) is 26.1 Å². The van der Waals surface area contributed by atoms with Gasteiger partial charge in [0.2, 0.25) is 0 Å². The van der Waals surface area contributed by atoms with Gasteiger partial charge in [0.05, 0.1) is 5.56 Å². The molecule has 0 amide bonds. The standard InChI is InChI=1S/C14H18F2N2O/c15-11-2-3-13(16)12(10-11)14(19)4-8-18-7-1-5-17-6-9-18/h2-3,10,17H,1,4-9H2. The number of rotatable bonds is 4. The zero-order valence-electron chi connectivity index (χ0n) is 10.8. The number of Topliss-reactive ketones (excluding diaryl/α,β-unsaturated/α-hetero) is 1. The maximum Gasteiger partial charge on any atom is 0.167 e. The molecule has 1 saturated heterocycles. The Morgan fingerprint density at radius 3 is 2.95 bits per heavy atom. The summed E-state index contributed by atoms with van der Waals surface area (Å²) in [5, 5.41) is 3.28. The highest BCUT2D eigenvalue weighted by Gasteiger charge is 2.15. The minimum atomic E-state index is -0.649. The summed E-state index contributed by atoms with van der Waals surface area (Å²) in [7, 11) is 0. The van der Waals surface area contributed by atoms with Crippen molar-refractivity contribution in [2.45, 2.75) is 12.8 Å². The summed E-state index contributed by atoms with van der Waals surface area (Å²) in [5.41, 5.74) is -0.145. The molecular formula is C14H18F2N2O. The second-order valence-corrected chi connectivity index (χ2v) is 4.74. The summed E-state index contributed by atoms with van der Waals surface area (Å²) in [6, 6.07) is 2.99. The van der Waals surface area contributed by atoms with Gasteiger partial charge in [-0.2, -0.15) is 0 Å². The van der Waals surface area contributed by atoms with Gasteiger partial charge in [-0.15, -0.1) is 0 Å². The molecule has 1 aromatic carbocycles. The molecule has 19 heavy (non-hydrogen) atoms. The Morgan fingerprint density at radius 1 is 1.26 bits per heavy atom. The smallest absolute Gasteiger partial charge is 0.167 e. The molecule has 0 aliphatic carbocycles. The molecule has 1 aromatic rings. The van der Waals surface area contributed by atoms with Crippen molar-refractivity contribution >= 4 is 5.78 Å². The lowest BCUT2D eigenvalue weighted by Gasteiger charge is -2.18. The van der Waals surface area contributed by atoms with E-state index in [2.05, 4.69) is 10.2 Å². The molecule has 1 heterocycles. The largest absolute Gasteiger partial charge is 0.315 e. The summed E-state index contributed by atoms with van der Waals surface area (Å²) < 4.78 is 26.5. The van der Waals surface area contributed by atoms with Gasteiger partial charge >= 0.3 is 0 Å². The average molecular weight is 268 g/mol. The van der Waals surface area contributed by atoms with E-state index in [1.807, 2.05) is 0 Å². The fourth-order valence-corrected chi connectivity index (χ4v) is 2.23. The first-order chi connectivity index (χ1) is 9.16. The van der Waals surface area contributed by atoms with E-state index in [0.717, 1.165) is 50.8 Å². The minimum absolute atomic E-state index is 0.145. The van der Waals surface area contributed by atoms with Crippen LogP contribution in [0.3, 0.4) is 0 Å². The quantitative estimate of drug-likeness (QED) is 0.846. The molecule has 104 valence electrons. The second kappa shape index (κ2) is 6.73. The van der Waals surface area contributed by atoms with Crippen LogP contribution in [0.1, 0.15) is 23.2 Å². The lowest BCUT2D eigenvalue weighted by Crippen LogP contribution is -2.30. The van der Waals surface area contributed by atoms with E-state index in [-0.39, 0.29) is 17.8 Å². The van der Waals surface area contributed by atoms with E-state index in [0.29, 0.717) is 6.54 Å². The minimum Gasteiger partial charge on any atom is -0.315 e. The van der Waals surface area contributed by atoms with Crippen molar-refractivity contribution in [3.8, 4) is 0 Å². The predicted molar refractivity (Wildman–Crippen MR) is 69.2 cm³/mol. The zero-order chi connectivity index (χ0) is 13.7. The van der Waals surface area contributed by atoms with Gasteiger partial charge in [0.15, 0.2) is 5.78 Å². The third-order valence-electron chi connectivity index (χ3n) is 3.32. The number of nitrogens with one attached hydrogen (secondary N) is 1. The van der Waals surface area contributed by atoms with Crippen molar-refractivity contribution in [1.29, 1.82) is 0 Å². The first-order valence-corrected chi connectivity index (χ1v) is 6.58. The molecule has 2 rings (SSSR count). The van der Waals surface area contributed by atoms with E-state index in [1.165, 1.54) is 0 Å². The van der Waals surface area contributed by atoms with Gasteiger partial charge in [-0.3, -0.25) is 4.79 Å².